The molecule has 1 atom stereocenters. The minimum absolute atomic E-state index is 0.0725. The highest BCUT2D eigenvalue weighted by Crippen LogP contribution is 2.44. The Hall–Kier alpha value is -2.63. The molecule has 24 heavy (non-hydrogen) atoms. The maximum Gasteiger partial charge on any atom is 0.245 e. The molecule has 0 spiro atoms. The summed E-state index contributed by atoms with van der Waals surface area (Å²) in [6, 6.07) is 11.7. The molecule has 0 aliphatic heterocycles. The van der Waals surface area contributed by atoms with E-state index < -0.39 is 0 Å². The van der Waals surface area contributed by atoms with Crippen molar-refractivity contribution in [2.24, 2.45) is 5.92 Å². The molecule has 2 aromatic rings. The molecule has 0 radical (unpaired) electrons. The van der Waals surface area contributed by atoms with Gasteiger partial charge in [-0.2, -0.15) is 0 Å². The van der Waals surface area contributed by atoms with Gasteiger partial charge in [-0.1, -0.05) is 35.5 Å². The molecule has 3 rings (SSSR count). The van der Waals surface area contributed by atoms with E-state index in [1.165, 1.54) is 18.4 Å². The van der Waals surface area contributed by atoms with Crippen LogP contribution in [-0.2, 0) is 9.59 Å². The van der Waals surface area contributed by atoms with E-state index in [-0.39, 0.29) is 24.3 Å². The molecule has 6 heteroatoms. The first-order valence-corrected chi connectivity index (χ1v) is 8.16. The second-order valence-electron chi connectivity index (χ2n) is 6.21. The number of anilines is 1. The van der Waals surface area contributed by atoms with Crippen LogP contribution in [-0.4, -0.2) is 23.5 Å². The standard InChI is InChI=1S/C18H21N3O3/c1-12-9-16(21-24-12)20-18(23)11-19-17(22)10-15(14-7-8-14)13-5-3-2-4-6-13/h2-6,9,14-15H,7-8,10-11H2,1H3,(H,19,22)(H,20,21,23). The molecule has 1 fully saturated rings. The number of benzene rings is 1. The molecule has 2 N–H and O–H groups in total. The largest absolute Gasteiger partial charge is 0.360 e. The number of aryl methyl sites for hydroxylation is 1. The van der Waals surface area contributed by atoms with Gasteiger partial charge in [-0.05, 0) is 37.2 Å². The van der Waals surface area contributed by atoms with E-state index in [1.54, 1.807) is 13.0 Å². The van der Waals surface area contributed by atoms with Crippen molar-refractivity contribution in [1.29, 1.82) is 0 Å². The SMILES string of the molecule is Cc1cc(NC(=O)CNC(=O)CC(c2ccccc2)C2CC2)no1. The highest BCUT2D eigenvalue weighted by atomic mass is 16.5. The first kappa shape index (κ1) is 16.2. The number of nitrogens with one attached hydrogen (secondary N) is 2. The average Bonchev–Trinajstić information content (AvgIpc) is 3.34. The monoisotopic (exact) mass is 327 g/mol. The summed E-state index contributed by atoms with van der Waals surface area (Å²) >= 11 is 0. The van der Waals surface area contributed by atoms with Gasteiger partial charge in [-0.3, -0.25) is 9.59 Å². The highest BCUT2D eigenvalue weighted by Gasteiger charge is 2.33. The molecule has 1 aromatic carbocycles. The van der Waals surface area contributed by atoms with Crippen molar-refractivity contribution in [2.75, 3.05) is 11.9 Å². The van der Waals surface area contributed by atoms with Crippen LogP contribution in [0.3, 0.4) is 0 Å². The Morgan fingerprint density at radius 2 is 2.00 bits per heavy atom. The topological polar surface area (TPSA) is 84.2 Å². The van der Waals surface area contributed by atoms with Gasteiger partial charge in [0.05, 0.1) is 6.54 Å². The predicted molar refractivity (Wildman–Crippen MR) is 89.4 cm³/mol. The lowest BCUT2D eigenvalue weighted by atomic mass is 9.91. The van der Waals surface area contributed by atoms with Crippen LogP contribution in [0, 0.1) is 12.8 Å². The third-order valence-corrected chi connectivity index (χ3v) is 4.17. The van der Waals surface area contributed by atoms with Crippen molar-refractivity contribution in [3.8, 4) is 0 Å². The molecule has 1 aliphatic rings. The zero-order chi connectivity index (χ0) is 16.9. The fourth-order valence-corrected chi connectivity index (χ4v) is 2.82. The quantitative estimate of drug-likeness (QED) is 0.819. The summed E-state index contributed by atoms with van der Waals surface area (Å²) in [4.78, 5) is 24.0. The smallest absolute Gasteiger partial charge is 0.245 e. The molecule has 1 aliphatic carbocycles. The van der Waals surface area contributed by atoms with Crippen molar-refractivity contribution >= 4 is 17.6 Å². The Bertz CT molecular complexity index is 707. The van der Waals surface area contributed by atoms with Crippen molar-refractivity contribution < 1.29 is 14.1 Å². The van der Waals surface area contributed by atoms with E-state index in [0.717, 1.165) is 0 Å². The number of carbonyl (C=O) groups excluding carboxylic acids is 2. The molecule has 1 heterocycles. The summed E-state index contributed by atoms with van der Waals surface area (Å²) < 4.78 is 4.87. The Labute approximate surface area is 140 Å². The van der Waals surface area contributed by atoms with Gasteiger partial charge in [-0.25, -0.2) is 0 Å². The van der Waals surface area contributed by atoms with Crippen LogP contribution in [0.2, 0.25) is 0 Å². The maximum atomic E-state index is 12.2. The van der Waals surface area contributed by atoms with Crippen molar-refractivity contribution in [1.82, 2.24) is 10.5 Å². The third-order valence-electron chi connectivity index (χ3n) is 4.17. The van der Waals surface area contributed by atoms with E-state index in [1.807, 2.05) is 18.2 Å². The highest BCUT2D eigenvalue weighted by molar-refractivity contribution is 5.93. The number of carbonyl (C=O) groups is 2. The third kappa shape index (κ3) is 4.44. The van der Waals surface area contributed by atoms with E-state index in [2.05, 4.69) is 27.9 Å². The molecular weight excluding hydrogens is 306 g/mol. The molecule has 1 aromatic heterocycles. The van der Waals surface area contributed by atoms with Gasteiger partial charge in [0, 0.05) is 12.5 Å². The van der Waals surface area contributed by atoms with E-state index in [0.29, 0.717) is 23.9 Å². The summed E-state index contributed by atoms with van der Waals surface area (Å²) in [5.41, 5.74) is 1.19. The number of rotatable bonds is 7. The van der Waals surface area contributed by atoms with Crippen LogP contribution in [0.4, 0.5) is 5.82 Å². The van der Waals surface area contributed by atoms with Crippen LogP contribution >= 0.6 is 0 Å². The molecule has 1 saturated carbocycles. The fourth-order valence-electron chi connectivity index (χ4n) is 2.82. The van der Waals surface area contributed by atoms with Crippen molar-refractivity contribution in [3.63, 3.8) is 0 Å². The van der Waals surface area contributed by atoms with E-state index >= 15 is 0 Å². The number of hydrogen-bond donors (Lipinski definition) is 2. The number of hydrogen-bond acceptors (Lipinski definition) is 4. The van der Waals surface area contributed by atoms with Gasteiger partial charge < -0.3 is 15.2 Å². The van der Waals surface area contributed by atoms with Crippen LogP contribution in [0.15, 0.2) is 40.9 Å². The van der Waals surface area contributed by atoms with Crippen LogP contribution in [0.5, 0.6) is 0 Å². The normalized spacial score (nSPS) is 14.9. The molecule has 0 saturated heterocycles. The minimum Gasteiger partial charge on any atom is -0.360 e. The van der Waals surface area contributed by atoms with E-state index in [9.17, 15) is 9.59 Å². The summed E-state index contributed by atoms with van der Waals surface area (Å²) in [7, 11) is 0. The molecule has 6 nitrogen and oxygen atoms in total. The van der Waals surface area contributed by atoms with Crippen molar-refractivity contribution in [2.45, 2.75) is 32.1 Å². The van der Waals surface area contributed by atoms with Crippen LogP contribution in [0.25, 0.3) is 0 Å². The lowest BCUT2D eigenvalue weighted by Crippen LogP contribution is -2.33. The fraction of sp³-hybridized carbons (Fsp3) is 0.389. The Kier molecular flexibility index (Phi) is 4.93. The summed E-state index contributed by atoms with van der Waals surface area (Å²) in [6.07, 6.45) is 2.74. The summed E-state index contributed by atoms with van der Waals surface area (Å²) in [5, 5.41) is 8.95. The molecule has 126 valence electrons. The van der Waals surface area contributed by atoms with Gasteiger partial charge in [0.15, 0.2) is 5.82 Å². The second-order valence-corrected chi connectivity index (χ2v) is 6.21. The van der Waals surface area contributed by atoms with Gasteiger partial charge in [-0.15, -0.1) is 0 Å². The van der Waals surface area contributed by atoms with Gasteiger partial charge in [0.2, 0.25) is 11.8 Å². The van der Waals surface area contributed by atoms with Crippen molar-refractivity contribution in [3.05, 3.63) is 47.7 Å². The predicted octanol–water partition coefficient (Wildman–Crippen LogP) is 2.62. The van der Waals surface area contributed by atoms with Gasteiger partial charge in [0.1, 0.15) is 5.76 Å². The second kappa shape index (κ2) is 7.29. The summed E-state index contributed by atoms with van der Waals surface area (Å²) in [5.74, 6) is 1.34. The molecule has 0 bridgehead atoms. The van der Waals surface area contributed by atoms with Gasteiger partial charge in [0.25, 0.3) is 0 Å². The number of aromatic nitrogens is 1. The molecule has 2 amide bonds. The Balaban J connectivity index is 1.48. The first-order valence-electron chi connectivity index (χ1n) is 8.16. The molecule has 1 unspecified atom stereocenters. The zero-order valence-corrected chi connectivity index (χ0v) is 13.6. The molecular formula is C18H21N3O3. The summed E-state index contributed by atoms with van der Waals surface area (Å²) in [6.45, 7) is 1.67. The average molecular weight is 327 g/mol. The lowest BCUT2D eigenvalue weighted by Gasteiger charge is -2.16. The maximum absolute atomic E-state index is 12.2. The van der Waals surface area contributed by atoms with E-state index in [4.69, 9.17) is 4.52 Å². The minimum atomic E-state index is -0.320. The Morgan fingerprint density at radius 3 is 2.62 bits per heavy atom. The first-order chi connectivity index (χ1) is 11.6. The number of nitrogens with zero attached hydrogens (tertiary/aromatic N) is 1. The van der Waals surface area contributed by atoms with Crippen LogP contribution < -0.4 is 10.6 Å². The Morgan fingerprint density at radius 1 is 1.25 bits per heavy atom. The number of amides is 2. The van der Waals surface area contributed by atoms with Gasteiger partial charge >= 0.3 is 0 Å². The van der Waals surface area contributed by atoms with Crippen LogP contribution in [0.1, 0.15) is 36.5 Å². The lowest BCUT2D eigenvalue weighted by molar-refractivity contribution is -0.124. The zero-order valence-electron chi connectivity index (χ0n) is 13.6.